The van der Waals surface area contributed by atoms with Gasteiger partial charge in [0.15, 0.2) is 0 Å². The Balaban J connectivity index is 1.72. The molecule has 0 aromatic heterocycles. The van der Waals surface area contributed by atoms with Crippen LogP contribution in [0.2, 0.25) is 0 Å². The topological polar surface area (TPSA) is 69.2 Å². The van der Waals surface area contributed by atoms with E-state index in [9.17, 15) is 4.79 Å². The lowest BCUT2D eigenvalue weighted by Gasteiger charge is -2.18. The number of halogens is 1. The fourth-order valence-corrected chi connectivity index (χ4v) is 2.94. The van der Waals surface area contributed by atoms with E-state index in [-0.39, 0.29) is 0 Å². The number of para-hydroxylation sites is 2. The lowest BCUT2D eigenvalue weighted by molar-refractivity contribution is -0.140. The number of carbonyl (C=O) groups is 1. The van der Waals surface area contributed by atoms with Gasteiger partial charge in [-0.1, -0.05) is 59.3 Å². The van der Waals surface area contributed by atoms with Gasteiger partial charge in [0.05, 0.1) is 12.8 Å². The monoisotopic (exact) mass is 482 g/mol. The molecule has 0 unspecified atom stereocenters. The van der Waals surface area contributed by atoms with Gasteiger partial charge in [-0.05, 0) is 48.9 Å². The smallest absolute Gasteiger partial charge is 0.323 e. The number of amides is 1. The Kier molecular flexibility index (Phi) is 8.48. The van der Waals surface area contributed by atoms with Gasteiger partial charge in [0.2, 0.25) is 0 Å². The van der Waals surface area contributed by atoms with Gasteiger partial charge in [-0.2, -0.15) is 5.10 Å². The summed E-state index contributed by atoms with van der Waals surface area (Å²) in [5.41, 5.74) is 3.21. The van der Waals surface area contributed by atoms with Crippen molar-refractivity contribution in [1.29, 1.82) is 0 Å². The Morgan fingerprint density at radius 1 is 1.00 bits per heavy atom. The summed E-state index contributed by atoms with van der Waals surface area (Å²) in [7, 11) is 0. The van der Waals surface area contributed by atoms with Crippen molar-refractivity contribution in [3.8, 4) is 17.2 Å². The molecule has 31 heavy (non-hydrogen) atoms. The molecule has 3 aromatic carbocycles. The molecule has 0 saturated heterocycles. The van der Waals surface area contributed by atoms with Crippen LogP contribution in [0.1, 0.15) is 18.9 Å². The van der Waals surface area contributed by atoms with Crippen LogP contribution >= 0.6 is 15.9 Å². The Bertz CT molecular complexity index is 955. The van der Waals surface area contributed by atoms with Gasteiger partial charge in [0.25, 0.3) is 0 Å². The molecule has 0 bridgehead atoms. The lowest BCUT2D eigenvalue weighted by atomic mass is 10.2. The van der Waals surface area contributed by atoms with Crippen LogP contribution < -0.4 is 19.6 Å². The molecule has 0 aliphatic heterocycles. The molecule has 0 radical (unpaired) electrons. The van der Waals surface area contributed by atoms with E-state index in [1.807, 2.05) is 61.5 Å². The quantitative estimate of drug-likeness (QED) is 0.245. The number of carbonyl (C=O) groups excluding carboxylic acids is 1. The summed E-state index contributed by atoms with van der Waals surface area (Å²) in [4.78, 5) is 12.8. The summed E-state index contributed by atoms with van der Waals surface area (Å²) in [6.07, 6.45) is 1.19. The molecule has 7 heteroatoms. The van der Waals surface area contributed by atoms with Gasteiger partial charge >= 0.3 is 12.2 Å². The molecule has 0 aliphatic rings. The summed E-state index contributed by atoms with van der Waals surface area (Å²) < 4.78 is 18.1. The van der Waals surface area contributed by atoms with Crippen molar-refractivity contribution in [3.05, 3.63) is 88.9 Å². The average molecular weight is 483 g/mol. The second-order valence-electron chi connectivity index (χ2n) is 6.46. The molecule has 6 nitrogen and oxygen atoms in total. The molecule has 0 heterocycles. The highest BCUT2D eigenvalue weighted by molar-refractivity contribution is 9.10. The first kappa shape index (κ1) is 22.4. The van der Waals surface area contributed by atoms with E-state index in [4.69, 9.17) is 14.2 Å². The van der Waals surface area contributed by atoms with E-state index in [1.165, 1.54) is 6.21 Å². The second kappa shape index (κ2) is 11.8. The SMILES string of the molecule is CCCOc1ccc(Br)cc1/C=N/NC(=O)C(Oc1ccccc1)Oc1ccccc1. The van der Waals surface area contributed by atoms with Gasteiger partial charge in [-0.15, -0.1) is 0 Å². The predicted octanol–water partition coefficient (Wildman–Crippen LogP) is 5.17. The molecular weight excluding hydrogens is 460 g/mol. The first-order valence-electron chi connectivity index (χ1n) is 9.84. The van der Waals surface area contributed by atoms with Gasteiger partial charge in [-0.3, -0.25) is 4.79 Å². The van der Waals surface area contributed by atoms with Crippen LogP contribution in [0.15, 0.2) is 88.4 Å². The highest BCUT2D eigenvalue weighted by Crippen LogP contribution is 2.22. The molecule has 1 amide bonds. The fourth-order valence-electron chi connectivity index (χ4n) is 2.56. The zero-order valence-corrected chi connectivity index (χ0v) is 18.6. The first-order valence-corrected chi connectivity index (χ1v) is 10.6. The van der Waals surface area contributed by atoms with Crippen molar-refractivity contribution in [2.45, 2.75) is 19.6 Å². The molecule has 0 atom stereocenters. The van der Waals surface area contributed by atoms with Crippen LogP contribution in [0, 0.1) is 0 Å². The van der Waals surface area contributed by atoms with E-state index >= 15 is 0 Å². The van der Waals surface area contributed by atoms with Crippen LogP contribution in [-0.4, -0.2) is 25.0 Å². The third-order valence-electron chi connectivity index (χ3n) is 4.00. The third-order valence-corrected chi connectivity index (χ3v) is 4.49. The van der Waals surface area contributed by atoms with Gasteiger partial charge in [-0.25, -0.2) is 5.43 Å². The normalized spacial score (nSPS) is 10.8. The van der Waals surface area contributed by atoms with Crippen molar-refractivity contribution in [3.63, 3.8) is 0 Å². The van der Waals surface area contributed by atoms with Crippen LogP contribution in [0.4, 0.5) is 0 Å². The maximum Gasteiger partial charge on any atom is 0.323 e. The number of hydrogen-bond donors (Lipinski definition) is 1. The van der Waals surface area contributed by atoms with Crippen molar-refractivity contribution in [2.24, 2.45) is 5.10 Å². The van der Waals surface area contributed by atoms with E-state index < -0.39 is 12.2 Å². The number of hydrazone groups is 1. The summed E-state index contributed by atoms with van der Waals surface area (Å²) in [5.74, 6) is 1.14. The van der Waals surface area contributed by atoms with Crippen LogP contribution in [0.5, 0.6) is 17.2 Å². The Morgan fingerprint density at radius 3 is 2.19 bits per heavy atom. The third kappa shape index (κ3) is 7.15. The van der Waals surface area contributed by atoms with Crippen LogP contribution in [0.3, 0.4) is 0 Å². The minimum Gasteiger partial charge on any atom is -0.493 e. The van der Waals surface area contributed by atoms with E-state index in [1.54, 1.807) is 24.3 Å². The van der Waals surface area contributed by atoms with Crippen LogP contribution in [0.25, 0.3) is 0 Å². The minimum absolute atomic E-state index is 0.504. The second-order valence-corrected chi connectivity index (χ2v) is 7.37. The molecule has 0 spiro atoms. The number of nitrogens with one attached hydrogen (secondary N) is 1. The molecule has 3 aromatic rings. The fraction of sp³-hybridized carbons (Fsp3) is 0.167. The summed E-state index contributed by atoms with van der Waals surface area (Å²) in [6, 6.07) is 23.6. The largest absolute Gasteiger partial charge is 0.493 e. The molecule has 3 rings (SSSR count). The number of ether oxygens (including phenoxy) is 3. The zero-order chi connectivity index (χ0) is 21.9. The summed E-state index contributed by atoms with van der Waals surface area (Å²) in [6.45, 7) is 2.62. The first-order chi connectivity index (χ1) is 15.2. The van der Waals surface area contributed by atoms with Gasteiger partial charge in [0.1, 0.15) is 17.2 Å². The number of nitrogens with zero attached hydrogens (tertiary/aromatic N) is 1. The number of benzene rings is 3. The zero-order valence-electron chi connectivity index (χ0n) is 17.0. The summed E-state index contributed by atoms with van der Waals surface area (Å²) >= 11 is 3.44. The predicted molar refractivity (Wildman–Crippen MR) is 124 cm³/mol. The van der Waals surface area contributed by atoms with E-state index in [0.29, 0.717) is 23.9 Å². The minimum atomic E-state index is -1.22. The number of hydrogen-bond acceptors (Lipinski definition) is 5. The molecule has 0 saturated carbocycles. The van der Waals surface area contributed by atoms with Crippen LogP contribution in [-0.2, 0) is 4.79 Å². The maximum absolute atomic E-state index is 12.8. The standard InChI is InChI=1S/C24H23BrN2O4/c1-2-15-29-22-14-13-19(25)16-18(22)17-26-27-23(28)24(30-20-9-5-3-6-10-20)31-21-11-7-4-8-12-21/h3-14,16-17,24H,2,15H2,1H3,(H,27,28)/b26-17+. The Labute approximate surface area is 190 Å². The molecule has 0 aliphatic carbocycles. The van der Waals surface area contributed by atoms with Crippen molar-refractivity contribution < 1.29 is 19.0 Å². The van der Waals surface area contributed by atoms with Gasteiger partial charge < -0.3 is 14.2 Å². The van der Waals surface area contributed by atoms with Crippen molar-refractivity contribution in [1.82, 2.24) is 5.43 Å². The lowest BCUT2D eigenvalue weighted by Crippen LogP contribution is -2.40. The van der Waals surface area contributed by atoms with Crippen molar-refractivity contribution >= 4 is 28.1 Å². The Morgan fingerprint density at radius 2 is 1.61 bits per heavy atom. The molecule has 1 N–H and O–H groups in total. The number of rotatable bonds is 10. The van der Waals surface area contributed by atoms with E-state index in [2.05, 4.69) is 26.5 Å². The molecule has 0 fully saturated rings. The summed E-state index contributed by atoms with van der Waals surface area (Å²) in [5, 5.41) is 4.07. The highest BCUT2D eigenvalue weighted by atomic mass is 79.9. The molecule has 160 valence electrons. The Hall–Kier alpha value is -3.32. The van der Waals surface area contributed by atoms with Crippen molar-refractivity contribution in [2.75, 3.05) is 6.61 Å². The maximum atomic E-state index is 12.8. The average Bonchev–Trinajstić information content (AvgIpc) is 2.79. The van der Waals surface area contributed by atoms with Gasteiger partial charge in [0, 0.05) is 10.0 Å². The molecular formula is C24H23BrN2O4. The highest BCUT2D eigenvalue weighted by Gasteiger charge is 2.22. The van der Waals surface area contributed by atoms with E-state index in [0.717, 1.165) is 16.5 Å².